The van der Waals surface area contributed by atoms with Crippen molar-refractivity contribution in [2.75, 3.05) is 34.4 Å². The van der Waals surface area contributed by atoms with Gasteiger partial charge in [0, 0.05) is 90.8 Å². The molecule has 766 valence electrons. The Morgan fingerprint density at radius 3 is 1.01 bits per heavy atom. The molecular weight excluding hydrogens is 2000 g/mol. The van der Waals surface area contributed by atoms with Gasteiger partial charge in [-0.1, -0.05) is 52.3 Å². The lowest BCUT2D eigenvalue weighted by Crippen LogP contribution is -2.53. The highest BCUT2D eigenvalue weighted by Gasteiger charge is 2.61. The molecule has 18 rings (SSSR count). The average molecular weight is 2130 g/mol. The van der Waals surface area contributed by atoms with E-state index in [-0.39, 0.29) is 147 Å². The number of anilines is 3. The Hall–Kier alpha value is -10.2. The van der Waals surface area contributed by atoms with E-state index in [0.717, 1.165) is 98.4 Å². The summed E-state index contributed by atoms with van der Waals surface area (Å²) in [6.45, 7) is 20.2. The minimum atomic E-state index is -1.55. The molecule has 12 aliphatic rings. The number of nitrogens with one attached hydrogen (secondary N) is 6. The van der Waals surface area contributed by atoms with Gasteiger partial charge < -0.3 is 70.7 Å². The van der Waals surface area contributed by atoms with Crippen molar-refractivity contribution < 1.29 is 104 Å². The fourth-order valence-corrected chi connectivity index (χ4v) is 19.9. The molecule has 6 fully saturated rings. The Morgan fingerprint density at radius 2 is 0.716 bits per heavy atom. The van der Waals surface area contributed by atoms with E-state index in [2.05, 4.69) is 47.8 Å². The maximum absolute atomic E-state index is 14.0. The van der Waals surface area contributed by atoms with E-state index in [1.165, 1.54) is 43.2 Å². The van der Waals surface area contributed by atoms with Crippen molar-refractivity contribution in [1.29, 1.82) is 0 Å². The molecule has 0 aromatic heterocycles. The van der Waals surface area contributed by atoms with Crippen LogP contribution >= 0.6 is 96.9 Å². The quantitative estimate of drug-likeness (QED) is 0.0349. The zero-order chi connectivity index (χ0) is 97.3. The number of imide groups is 3. The van der Waals surface area contributed by atoms with Crippen LogP contribution in [0, 0.1) is 35.2 Å². The second-order valence-electron chi connectivity index (χ2n) is 40.8. The summed E-state index contributed by atoms with van der Waals surface area (Å²) in [7, 11) is 0. The van der Waals surface area contributed by atoms with Crippen LogP contribution in [0.1, 0.15) is 227 Å². The second kappa shape index (κ2) is 44.6. The van der Waals surface area contributed by atoms with Crippen LogP contribution in [-0.4, -0.2) is 172 Å². The Morgan fingerprint density at radius 1 is 0.404 bits per heavy atom. The third-order valence-electron chi connectivity index (χ3n) is 27.0. The number of alkyl halides is 1. The summed E-state index contributed by atoms with van der Waals surface area (Å²) in [5, 5.41) is 16.0. The summed E-state index contributed by atoms with van der Waals surface area (Å²) in [6.07, 6.45) is 9.39. The van der Waals surface area contributed by atoms with Crippen molar-refractivity contribution >= 4 is 198 Å². The van der Waals surface area contributed by atoms with E-state index in [9.17, 15) is 80.3 Å². The molecule has 31 nitrogen and oxygen atoms in total. The summed E-state index contributed by atoms with van der Waals surface area (Å²) in [6, 6.07) is 29.6. The standard InChI is InChI=1S/C35H41FN4O7.C30H33FN4O5.C20H25N3O6.C15H17BrFNO.6H2S/c1-33(2,3)46-31(44)38-34(4,5)29(42)37-25-11-12-26-22(17-25)14-15-35(26)30(43)40(32(45)47-35)19-28(41)39-18-23-8-10-24(36)16-21(23)9-13-27(39)20-6-7-20;1-29(2,32)26(37)33-22-8-9-23-19(14-22)11-12-30(23)27(38)35(28(39)40-30)16-25(36)34-15-20-5-7-21(31)13-18(20)6-10-24(34)17-3-4-17;1-18(2,3)28-17(27)23-19(4,5)14(24)21-12-6-7-13-11(10-12)8-9-20(13)15(25)22-16(26)29-20;16-8-15(19)18-9-12-3-5-13(17)7-11(12)4-6-14(18)10-1-2-10;;;;;;/h8,10-12,16-17,20,27H,6-7,9,13-15,18-19H2,1-5H3,(H,37,42)(H,38,44);5,7-9,13-14,17,24H,3-4,6,10-12,15-16,32H2,1-2H3,(H,33,37);6-7,10H,8-9H2,1-5H3,(H,21,24)(H,23,27)(H,22,25,26);3,5,7,10,14H,1-2,4,6,8-9H2;6*1H2/t27-,35-;24-,30-;20-;14-;;;;;;/m0000....../s1. The topological polar surface area (TPSA) is 400 Å². The van der Waals surface area contributed by atoms with Crippen molar-refractivity contribution in [3.8, 4) is 0 Å². The third kappa shape index (κ3) is 25.4. The molecule has 41 heteroatoms. The Kier molecular flexibility index (Phi) is 36.2. The molecule has 0 unspecified atom stereocenters. The molecule has 6 aliphatic heterocycles. The predicted molar refractivity (Wildman–Crippen MR) is 553 cm³/mol. The number of nitrogens with two attached hydrogens (primary N) is 1. The molecule has 3 saturated carbocycles. The average Bonchev–Trinajstić information content (AvgIpc) is 1.58. The van der Waals surface area contributed by atoms with Gasteiger partial charge in [-0.05, 0) is 320 Å². The van der Waals surface area contributed by atoms with Crippen LogP contribution in [0.2, 0.25) is 0 Å². The molecule has 3 saturated heterocycles. The summed E-state index contributed by atoms with van der Waals surface area (Å²) >= 11 is 3.27. The number of hydrogen-bond acceptors (Lipinski definition) is 20. The van der Waals surface area contributed by atoms with Crippen molar-refractivity contribution in [2.24, 2.45) is 23.5 Å². The predicted octanol–water partition coefficient (Wildman–Crippen LogP) is 14.6. The number of rotatable bonds is 16. The molecule has 6 aromatic rings. The van der Waals surface area contributed by atoms with E-state index in [1.54, 1.807) is 166 Å². The lowest BCUT2D eigenvalue weighted by atomic mass is 9.94. The molecular formula is C100H128BrF3N12O19S6. The van der Waals surface area contributed by atoms with Gasteiger partial charge in [0.25, 0.3) is 17.7 Å². The van der Waals surface area contributed by atoms with E-state index in [0.29, 0.717) is 134 Å². The monoisotopic (exact) mass is 2130 g/mol. The van der Waals surface area contributed by atoms with Crippen LogP contribution in [0.3, 0.4) is 0 Å². The fourth-order valence-electron chi connectivity index (χ4n) is 19.5. The lowest BCUT2D eigenvalue weighted by Gasteiger charge is -2.31. The lowest BCUT2D eigenvalue weighted by molar-refractivity contribution is -0.143. The first-order valence-electron chi connectivity index (χ1n) is 46.1. The van der Waals surface area contributed by atoms with Crippen molar-refractivity contribution in [3.63, 3.8) is 0 Å². The molecule has 3 spiro atoms. The first kappa shape index (κ1) is 114. The van der Waals surface area contributed by atoms with Crippen LogP contribution in [0.25, 0.3) is 0 Å². The van der Waals surface area contributed by atoms with Gasteiger partial charge >= 0.3 is 30.5 Å². The first-order chi connectivity index (χ1) is 63.5. The van der Waals surface area contributed by atoms with Gasteiger partial charge in [-0.3, -0.25) is 48.5 Å². The molecule has 0 bridgehead atoms. The van der Waals surface area contributed by atoms with Crippen LogP contribution in [0.15, 0.2) is 109 Å². The maximum atomic E-state index is 14.0. The van der Waals surface area contributed by atoms with Gasteiger partial charge in [-0.15, -0.1) is 0 Å². The highest BCUT2D eigenvalue weighted by atomic mass is 79.9. The van der Waals surface area contributed by atoms with Crippen molar-refractivity contribution in [1.82, 2.24) is 40.4 Å². The number of carbonyl (C=O) groups excluding carboxylic acids is 14. The van der Waals surface area contributed by atoms with E-state index < -0.39 is 118 Å². The summed E-state index contributed by atoms with van der Waals surface area (Å²) in [4.78, 5) is 187. The minimum absolute atomic E-state index is 0. The number of fused-ring (bicyclic) bond motifs is 9. The highest BCUT2D eigenvalue weighted by molar-refractivity contribution is 9.09. The number of aryl methyl sites for hydroxylation is 6. The SMILES string of the molecule is CC(C)(C)OC(=O)NC(C)(C)C(=O)Nc1ccc2c(c1)CC[C@]21OC(=O)N(CC(=O)N2Cc3ccc(F)cc3CC[C@H]2C2CC2)C1=O.CC(C)(C)OC(=O)NC(C)(C)C(=O)Nc1ccc2c(c1)CC[C@]21OC(=O)NC1=O.CC(C)(N)C(=O)Nc1ccc2c(c1)CC[C@]21OC(=O)N(CC(=O)N2Cc3ccc(F)cc3CC[C@H]2C2CC2)C1=O.O=C(CBr)N1Cc2ccc(F)cc2CC[C@H]1C1CC1.S.S.S.S.S.S. The van der Waals surface area contributed by atoms with Gasteiger partial charge in [0.05, 0.1) is 10.9 Å². The Balaban J connectivity index is 0.000000216. The fraction of sp³-hybridized carbons (Fsp3) is 0.500. The summed E-state index contributed by atoms with van der Waals surface area (Å²) in [5.74, 6) is -2.80. The van der Waals surface area contributed by atoms with E-state index in [4.69, 9.17) is 29.4 Å². The molecule has 6 heterocycles. The largest absolute Gasteiger partial charge is 0.444 e. The number of ether oxygens (including phenoxy) is 5. The van der Waals surface area contributed by atoms with E-state index in [1.807, 2.05) is 11.0 Å². The molecule has 6 aliphatic carbocycles. The van der Waals surface area contributed by atoms with Crippen molar-refractivity contribution in [3.05, 3.63) is 193 Å². The van der Waals surface area contributed by atoms with Gasteiger partial charge in [0.2, 0.25) is 52.2 Å². The molecule has 6 aromatic carbocycles. The normalized spacial score (nSPS) is 21.6. The Bertz CT molecular complexity index is 5870. The number of nitrogens with zero attached hydrogens (tertiary/aromatic N) is 5. The van der Waals surface area contributed by atoms with Crippen LogP contribution in [-0.2, 0) is 142 Å². The van der Waals surface area contributed by atoms with Crippen LogP contribution < -0.4 is 37.6 Å². The highest BCUT2D eigenvalue weighted by Crippen LogP contribution is 2.51. The molecule has 8 N–H and O–H groups in total. The molecule has 0 radical (unpaired) electrons. The Labute approximate surface area is 868 Å². The van der Waals surface area contributed by atoms with Gasteiger partial charge in [0.1, 0.15) is 52.8 Å². The minimum Gasteiger partial charge on any atom is -0.444 e. The van der Waals surface area contributed by atoms with Crippen LogP contribution in [0.4, 0.5) is 54.2 Å². The maximum Gasteiger partial charge on any atom is 0.418 e. The van der Waals surface area contributed by atoms with Gasteiger partial charge in [0.15, 0.2) is 0 Å². The summed E-state index contributed by atoms with van der Waals surface area (Å²) in [5.41, 5.74) is 7.76. The number of hydrogen-bond donors (Lipinski definition) is 7. The van der Waals surface area contributed by atoms with Gasteiger partial charge in [-0.25, -0.2) is 46.9 Å². The second-order valence-corrected chi connectivity index (χ2v) is 41.4. The first-order valence-corrected chi connectivity index (χ1v) is 47.2. The third-order valence-corrected chi connectivity index (χ3v) is 27.5. The number of halogens is 4. The van der Waals surface area contributed by atoms with E-state index >= 15 is 0 Å². The number of alkyl carbamates (subject to hydrolysis) is 3. The molecule has 6 atom stereocenters. The smallest absolute Gasteiger partial charge is 0.418 e. The zero-order valence-corrected chi connectivity index (χ0v) is 88.5. The summed E-state index contributed by atoms with van der Waals surface area (Å²) < 4.78 is 68.4. The molecule has 141 heavy (non-hydrogen) atoms. The van der Waals surface area contributed by atoms with Gasteiger partial charge in [-0.2, -0.15) is 81.0 Å². The molecule has 14 amide bonds. The van der Waals surface area contributed by atoms with Crippen LogP contribution in [0.5, 0.6) is 0 Å². The number of benzene rings is 6. The zero-order valence-electron chi connectivity index (χ0n) is 80.9. The van der Waals surface area contributed by atoms with Crippen molar-refractivity contribution in [2.45, 2.75) is 281 Å². The number of carbonyl (C=O) groups is 14. The number of amides is 14.